The van der Waals surface area contributed by atoms with Crippen LogP contribution in [0.3, 0.4) is 0 Å². The predicted octanol–water partition coefficient (Wildman–Crippen LogP) is 2.07. The van der Waals surface area contributed by atoms with Crippen molar-refractivity contribution in [2.75, 3.05) is 25.0 Å². The Labute approximate surface area is 115 Å². The van der Waals surface area contributed by atoms with Gasteiger partial charge in [-0.15, -0.1) is 0 Å². The van der Waals surface area contributed by atoms with Gasteiger partial charge >= 0.3 is 0 Å². The molecule has 2 atom stereocenters. The van der Waals surface area contributed by atoms with Gasteiger partial charge in [0, 0.05) is 12.1 Å². The first-order chi connectivity index (χ1) is 9.29. The molecule has 0 aromatic carbocycles. The van der Waals surface area contributed by atoms with Gasteiger partial charge in [-0.25, -0.2) is 9.97 Å². The third-order valence-corrected chi connectivity index (χ3v) is 3.51. The number of nitrogens with one attached hydrogen (secondary N) is 2. The van der Waals surface area contributed by atoms with Crippen LogP contribution in [0.1, 0.15) is 33.1 Å². The number of aromatic nitrogens is 2. The van der Waals surface area contributed by atoms with Crippen LogP contribution in [0.5, 0.6) is 5.88 Å². The zero-order chi connectivity index (χ0) is 13.5. The Hall–Kier alpha value is -1.36. The summed E-state index contributed by atoms with van der Waals surface area (Å²) in [5.74, 6) is 2.15. The third kappa shape index (κ3) is 4.35. The molecule has 1 aliphatic heterocycles. The molecule has 1 fully saturated rings. The first-order valence-corrected chi connectivity index (χ1v) is 7.21. The van der Waals surface area contributed by atoms with E-state index in [1.807, 2.05) is 6.07 Å². The molecule has 0 saturated carbocycles. The lowest BCUT2D eigenvalue weighted by Gasteiger charge is -2.29. The molecule has 0 amide bonds. The zero-order valence-electron chi connectivity index (χ0n) is 11.9. The van der Waals surface area contributed by atoms with E-state index in [1.165, 1.54) is 12.8 Å². The summed E-state index contributed by atoms with van der Waals surface area (Å²) < 4.78 is 5.52. The van der Waals surface area contributed by atoms with Crippen LogP contribution in [0.4, 0.5) is 5.82 Å². The summed E-state index contributed by atoms with van der Waals surface area (Å²) in [5, 5.41) is 6.90. The minimum Gasteiger partial charge on any atom is -0.478 e. The monoisotopic (exact) mass is 264 g/mol. The lowest BCUT2D eigenvalue weighted by Crippen LogP contribution is -2.38. The highest BCUT2D eigenvalue weighted by Crippen LogP contribution is 2.19. The Kier molecular flexibility index (Phi) is 5.39. The lowest BCUT2D eigenvalue weighted by atomic mass is 9.93. The van der Waals surface area contributed by atoms with Gasteiger partial charge in [-0.3, -0.25) is 0 Å². The standard InChI is InChI=1S/C14H24N4O/c1-3-7-19-14-8-13(16-10-17-14)18-11(2)12-5-4-6-15-9-12/h8,10-12,15H,3-7,9H2,1-2H3,(H,16,17,18). The Balaban J connectivity index is 1.90. The fraction of sp³-hybridized carbons (Fsp3) is 0.714. The van der Waals surface area contributed by atoms with Gasteiger partial charge in [-0.05, 0) is 45.2 Å². The molecule has 2 rings (SSSR count). The molecule has 19 heavy (non-hydrogen) atoms. The van der Waals surface area contributed by atoms with Gasteiger partial charge in [0.25, 0.3) is 0 Å². The topological polar surface area (TPSA) is 59.1 Å². The van der Waals surface area contributed by atoms with Crippen molar-refractivity contribution >= 4 is 5.82 Å². The van der Waals surface area contributed by atoms with Crippen molar-refractivity contribution in [3.8, 4) is 5.88 Å². The van der Waals surface area contributed by atoms with Crippen LogP contribution < -0.4 is 15.4 Å². The summed E-state index contributed by atoms with van der Waals surface area (Å²) >= 11 is 0. The van der Waals surface area contributed by atoms with Gasteiger partial charge in [0.2, 0.25) is 5.88 Å². The quantitative estimate of drug-likeness (QED) is 0.823. The van der Waals surface area contributed by atoms with Crippen LogP contribution >= 0.6 is 0 Å². The SMILES string of the molecule is CCCOc1cc(NC(C)C2CCCNC2)ncn1. The molecule has 1 aromatic rings. The van der Waals surface area contributed by atoms with Crippen molar-refractivity contribution in [1.82, 2.24) is 15.3 Å². The average molecular weight is 264 g/mol. The van der Waals surface area contributed by atoms with Crippen LogP contribution in [0, 0.1) is 5.92 Å². The number of piperidine rings is 1. The van der Waals surface area contributed by atoms with Gasteiger partial charge < -0.3 is 15.4 Å². The third-order valence-electron chi connectivity index (χ3n) is 3.51. The largest absolute Gasteiger partial charge is 0.478 e. The van der Waals surface area contributed by atoms with Gasteiger partial charge in [0.15, 0.2) is 0 Å². The summed E-state index contributed by atoms with van der Waals surface area (Å²) in [6.07, 6.45) is 5.06. The molecule has 2 unspecified atom stereocenters. The molecule has 106 valence electrons. The van der Waals surface area contributed by atoms with E-state index in [1.54, 1.807) is 6.33 Å². The minimum absolute atomic E-state index is 0.404. The Bertz CT molecular complexity index is 379. The summed E-state index contributed by atoms with van der Waals surface area (Å²) in [6, 6.07) is 2.28. The van der Waals surface area contributed by atoms with E-state index in [0.29, 0.717) is 24.4 Å². The molecule has 0 spiro atoms. The molecular formula is C14H24N4O. The highest BCUT2D eigenvalue weighted by Gasteiger charge is 2.20. The normalized spacial score (nSPS) is 20.8. The predicted molar refractivity (Wildman–Crippen MR) is 76.5 cm³/mol. The maximum absolute atomic E-state index is 5.52. The molecular weight excluding hydrogens is 240 g/mol. The van der Waals surface area contributed by atoms with Crippen molar-refractivity contribution < 1.29 is 4.74 Å². The second-order valence-electron chi connectivity index (χ2n) is 5.13. The zero-order valence-corrected chi connectivity index (χ0v) is 11.9. The number of hydrogen-bond acceptors (Lipinski definition) is 5. The second kappa shape index (κ2) is 7.28. The van der Waals surface area contributed by atoms with E-state index >= 15 is 0 Å². The molecule has 1 saturated heterocycles. The van der Waals surface area contributed by atoms with E-state index in [0.717, 1.165) is 25.3 Å². The summed E-state index contributed by atoms with van der Waals surface area (Å²) in [4.78, 5) is 8.37. The van der Waals surface area contributed by atoms with Crippen LogP contribution in [-0.2, 0) is 0 Å². The van der Waals surface area contributed by atoms with Crippen LogP contribution in [0.15, 0.2) is 12.4 Å². The number of ether oxygens (including phenoxy) is 1. The number of hydrogen-bond donors (Lipinski definition) is 2. The molecule has 0 aliphatic carbocycles. The molecule has 5 heteroatoms. The van der Waals surface area contributed by atoms with Gasteiger partial charge in [0.05, 0.1) is 6.61 Å². The van der Waals surface area contributed by atoms with Gasteiger partial charge in [0.1, 0.15) is 12.1 Å². The fourth-order valence-electron chi connectivity index (χ4n) is 2.36. The Morgan fingerprint density at radius 1 is 1.53 bits per heavy atom. The van der Waals surface area contributed by atoms with Crippen molar-refractivity contribution in [3.63, 3.8) is 0 Å². The van der Waals surface area contributed by atoms with Crippen molar-refractivity contribution in [2.45, 2.75) is 39.2 Å². The summed E-state index contributed by atoms with van der Waals surface area (Å²) in [5.41, 5.74) is 0. The Morgan fingerprint density at radius 3 is 3.16 bits per heavy atom. The number of nitrogens with zero attached hydrogens (tertiary/aromatic N) is 2. The van der Waals surface area contributed by atoms with Crippen LogP contribution in [0.2, 0.25) is 0 Å². The van der Waals surface area contributed by atoms with Crippen molar-refractivity contribution in [1.29, 1.82) is 0 Å². The fourth-order valence-corrected chi connectivity index (χ4v) is 2.36. The molecule has 5 nitrogen and oxygen atoms in total. The van der Waals surface area contributed by atoms with Gasteiger partial charge in [-0.2, -0.15) is 0 Å². The first kappa shape index (κ1) is 14.1. The number of rotatable bonds is 6. The van der Waals surface area contributed by atoms with E-state index < -0.39 is 0 Å². The van der Waals surface area contributed by atoms with Crippen molar-refractivity contribution in [3.05, 3.63) is 12.4 Å². The lowest BCUT2D eigenvalue weighted by molar-refractivity contribution is 0.304. The summed E-state index contributed by atoms with van der Waals surface area (Å²) in [6.45, 7) is 7.22. The molecule has 2 N–H and O–H groups in total. The molecule has 1 aromatic heterocycles. The first-order valence-electron chi connectivity index (χ1n) is 7.21. The van der Waals surface area contributed by atoms with E-state index in [-0.39, 0.29) is 0 Å². The highest BCUT2D eigenvalue weighted by molar-refractivity contribution is 5.38. The maximum Gasteiger partial charge on any atom is 0.218 e. The molecule has 1 aliphatic rings. The summed E-state index contributed by atoms with van der Waals surface area (Å²) in [7, 11) is 0. The molecule has 0 bridgehead atoms. The van der Waals surface area contributed by atoms with Crippen molar-refractivity contribution in [2.24, 2.45) is 5.92 Å². The highest BCUT2D eigenvalue weighted by atomic mass is 16.5. The second-order valence-corrected chi connectivity index (χ2v) is 5.13. The minimum atomic E-state index is 0.404. The van der Waals surface area contributed by atoms with E-state index in [4.69, 9.17) is 4.74 Å². The maximum atomic E-state index is 5.52. The van der Waals surface area contributed by atoms with E-state index in [2.05, 4.69) is 34.4 Å². The smallest absolute Gasteiger partial charge is 0.218 e. The number of anilines is 1. The van der Waals surface area contributed by atoms with E-state index in [9.17, 15) is 0 Å². The Morgan fingerprint density at radius 2 is 2.42 bits per heavy atom. The molecule has 0 radical (unpaired) electrons. The van der Waals surface area contributed by atoms with Crippen LogP contribution in [0.25, 0.3) is 0 Å². The van der Waals surface area contributed by atoms with Gasteiger partial charge in [-0.1, -0.05) is 6.92 Å². The molecule has 2 heterocycles. The average Bonchev–Trinajstić information content (AvgIpc) is 2.46. The van der Waals surface area contributed by atoms with Crippen LogP contribution in [-0.4, -0.2) is 35.7 Å².